The standard InChI is InChI=1S/C20H16N2O3S/c23-20(15-7-4-8-16(13-15)22(24)25)21-11-9-18-17(10-12-26-18)19(21)14-5-2-1-3-6-14/h1-8,10,12-13,19H,9,11H2/t19-/m1/s1. The van der Waals surface area contributed by atoms with E-state index in [2.05, 4.69) is 11.4 Å². The molecule has 0 bridgehead atoms. The molecule has 0 unspecified atom stereocenters. The molecule has 0 fully saturated rings. The third-order valence-electron chi connectivity index (χ3n) is 4.65. The molecule has 4 rings (SSSR count). The zero-order valence-electron chi connectivity index (χ0n) is 13.9. The predicted molar refractivity (Wildman–Crippen MR) is 100 cm³/mol. The van der Waals surface area contributed by atoms with Crippen molar-refractivity contribution in [3.63, 3.8) is 0 Å². The molecule has 1 atom stereocenters. The second kappa shape index (κ2) is 6.72. The molecule has 0 N–H and O–H groups in total. The number of carbonyl (C=O) groups excluding carboxylic acids is 1. The van der Waals surface area contributed by atoms with Crippen LogP contribution in [0.15, 0.2) is 66.0 Å². The predicted octanol–water partition coefficient (Wildman–Crippen LogP) is 4.44. The lowest BCUT2D eigenvalue weighted by Gasteiger charge is -2.36. The summed E-state index contributed by atoms with van der Waals surface area (Å²) >= 11 is 1.71. The number of thiophene rings is 1. The van der Waals surface area contributed by atoms with Gasteiger partial charge in [0.25, 0.3) is 11.6 Å². The Balaban J connectivity index is 1.76. The minimum atomic E-state index is -0.474. The number of nitrogens with zero attached hydrogens (tertiary/aromatic N) is 2. The van der Waals surface area contributed by atoms with Gasteiger partial charge in [-0.05, 0) is 35.1 Å². The maximum absolute atomic E-state index is 13.2. The molecule has 0 radical (unpaired) electrons. The highest BCUT2D eigenvalue weighted by atomic mass is 32.1. The molecule has 1 aliphatic heterocycles. The SMILES string of the molecule is O=C(c1cccc([N+](=O)[O-])c1)N1CCc2sccc2[C@H]1c1ccccc1. The summed E-state index contributed by atoms with van der Waals surface area (Å²) in [5.41, 5.74) is 2.47. The van der Waals surface area contributed by atoms with Gasteiger partial charge in [-0.25, -0.2) is 0 Å². The molecule has 1 aliphatic rings. The number of carbonyl (C=O) groups is 1. The Hall–Kier alpha value is -2.99. The van der Waals surface area contributed by atoms with Gasteiger partial charge in [-0.3, -0.25) is 14.9 Å². The third-order valence-corrected chi connectivity index (χ3v) is 5.64. The molecular weight excluding hydrogens is 348 g/mol. The average Bonchev–Trinajstić information content (AvgIpc) is 3.16. The van der Waals surface area contributed by atoms with Crippen LogP contribution >= 0.6 is 11.3 Å². The quantitative estimate of drug-likeness (QED) is 0.510. The molecule has 6 heteroatoms. The van der Waals surface area contributed by atoms with Crippen LogP contribution in [0.5, 0.6) is 0 Å². The van der Waals surface area contributed by atoms with Crippen LogP contribution in [-0.4, -0.2) is 22.3 Å². The molecule has 130 valence electrons. The number of hydrogen-bond donors (Lipinski definition) is 0. The largest absolute Gasteiger partial charge is 0.327 e. The number of non-ortho nitro benzene ring substituents is 1. The fourth-order valence-electron chi connectivity index (χ4n) is 3.45. The lowest BCUT2D eigenvalue weighted by molar-refractivity contribution is -0.384. The molecule has 3 aromatic rings. The summed E-state index contributed by atoms with van der Waals surface area (Å²) in [5, 5.41) is 13.1. The first kappa shape index (κ1) is 16.5. The van der Waals surface area contributed by atoms with Gasteiger partial charge in [0, 0.05) is 29.1 Å². The van der Waals surface area contributed by atoms with Crippen LogP contribution in [0.2, 0.25) is 0 Å². The molecule has 2 aromatic carbocycles. The van der Waals surface area contributed by atoms with E-state index in [1.54, 1.807) is 23.5 Å². The summed E-state index contributed by atoms with van der Waals surface area (Å²) in [6, 6.07) is 17.8. The van der Waals surface area contributed by atoms with Gasteiger partial charge >= 0.3 is 0 Å². The van der Waals surface area contributed by atoms with Crippen LogP contribution in [0.1, 0.15) is 32.4 Å². The van der Waals surface area contributed by atoms with Gasteiger partial charge in [0.1, 0.15) is 0 Å². The van der Waals surface area contributed by atoms with Gasteiger partial charge in [0.05, 0.1) is 11.0 Å². The summed E-state index contributed by atoms with van der Waals surface area (Å²) in [7, 11) is 0. The van der Waals surface area contributed by atoms with Crippen molar-refractivity contribution in [1.29, 1.82) is 0 Å². The second-order valence-electron chi connectivity index (χ2n) is 6.17. The highest BCUT2D eigenvalue weighted by Gasteiger charge is 2.33. The molecular formula is C20H16N2O3S. The maximum atomic E-state index is 13.2. The van der Waals surface area contributed by atoms with Crippen LogP contribution in [-0.2, 0) is 6.42 Å². The number of rotatable bonds is 3. The van der Waals surface area contributed by atoms with E-state index < -0.39 is 4.92 Å². The van der Waals surface area contributed by atoms with Crippen molar-refractivity contribution < 1.29 is 9.72 Å². The normalized spacial score (nSPS) is 16.2. The first-order chi connectivity index (χ1) is 12.6. The number of fused-ring (bicyclic) bond motifs is 1. The lowest BCUT2D eigenvalue weighted by atomic mass is 9.92. The summed E-state index contributed by atoms with van der Waals surface area (Å²) in [6.45, 7) is 0.592. The van der Waals surface area contributed by atoms with Gasteiger partial charge in [0.15, 0.2) is 0 Å². The molecule has 1 amide bonds. The summed E-state index contributed by atoms with van der Waals surface area (Å²) in [5.74, 6) is -0.181. The number of hydrogen-bond acceptors (Lipinski definition) is 4. The van der Waals surface area contributed by atoms with Crippen molar-refractivity contribution in [2.75, 3.05) is 6.54 Å². The maximum Gasteiger partial charge on any atom is 0.270 e. The smallest absolute Gasteiger partial charge is 0.270 e. The van der Waals surface area contributed by atoms with E-state index >= 15 is 0 Å². The van der Waals surface area contributed by atoms with Crippen molar-refractivity contribution in [2.45, 2.75) is 12.5 Å². The molecule has 0 aliphatic carbocycles. The zero-order valence-corrected chi connectivity index (χ0v) is 14.7. The van der Waals surface area contributed by atoms with Crippen LogP contribution in [0.25, 0.3) is 0 Å². The van der Waals surface area contributed by atoms with Crippen LogP contribution in [0.4, 0.5) is 5.69 Å². The molecule has 0 saturated carbocycles. The Morgan fingerprint density at radius 1 is 1.12 bits per heavy atom. The Labute approximate surface area is 154 Å². The minimum Gasteiger partial charge on any atom is -0.327 e. The van der Waals surface area contributed by atoms with Gasteiger partial charge in [-0.1, -0.05) is 36.4 Å². The van der Waals surface area contributed by atoms with E-state index in [9.17, 15) is 14.9 Å². The number of amides is 1. The van der Waals surface area contributed by atoms with Crippen molar-refractivity contribution in [3.05, 3.63) is 97.7 Å². The Bertz CT molecular complexity index is 968. The summed E-state index contributed by atoms with van der Waals surface area (Å²) in [4.78, 5) is 26.9. The van der Waals surface area contributed by atoms with E-state index in [0.29, 0.717) is 12.1 Å². The summed E-state index contributed by atoms with van der Waals surface area (Å²) < 4.78 is 0. The Kier molecular flexibility index (Phi) is 4.26. The van der Waals surface area contributed by atoms with Gasteiger partial charge in [-0.2, -0.15) is 0 Å². The van der Waals surface area contributed by atoms with Gasteiger partial charge in [-0.15, -0.1) is 11.3 Å². The van der Waals surface area contributed by atoms with Crippen molar-refractivity contribution in [1.82, 2.24) is 4.90 Å². The monoisotopic (exact) mass is 364 g/mol. The minimum absolute atomic E-state index is 0.0691. The Morgan fingerprint density at radius 3 is 2.69 bits per heavy atom. The van der Waals surface area contributed by atoms with Crippen molar-refractivity contribution in [3.8, 4) is 0 Å². The fraction of sp³-hybridized carbons (Fsp3) is 0.150. The number of benzene rings is 2. The van der Waals surface area contributed by atoms with E-state index in [1.165, 1.54) is 17.0 Å². The molecule has 1 aromatic heterocycles. The topological polar surface area (TPSA) is 63.4 Å². The number of nitro groups is 1. The van der Waals surface area contributed by atoms with E-state index in [-0.39, 0.29) is 17.6 Å². The Morgan fingerprint density at radius 2 is 1.92 bits per heavy atom. The van der Waals surface area contributed by atoms with Crippen LogP contribution in [0.3, 0.4) is 0 Å². The van der Waals surface area contributed by atoms with Crippen molar-refractivity contribution in [2.24, 2.45) is 0 Å². The fourth-order valence-corrected chi connectivity index (χ4v) is 4.35. The van der Waals surface area contributed by atoms with Gasteiger partial charge in [0.2, 0.25) is 0 Å². The zero-order chi connectivity index (χ0) is 18.1. The van der Waals surface area contributed by atoms with Crippen molar-refractivity contribution >= 4 is 22.9 Å². The molecule has 2 heterocycles. The van der Waals surface area contributed by atoms with Gasteiger partial charge < -0.3 is 4.90 Å². The van der Waals surface area contributed by atoms with E-state index in [1.807, 2.05) is 35.2 Å². The summed E-state index contributed by atoms with van der Waals surface area (Å²) in [6.07, 6.45) is 0.803. The van der Waals surface area contributed by atoms with Crippen LogP contribution in [0, 0.1) is 10.1 Å². The number of nitro benzene ring substituents is 1. The molecule has 26 heavy (non-hydrogen) atoms. The first-order valence-corrected chi connectivity index (χ1v) is 9.20. The molecule has 5 nitrogen and oxygen atoms in total. The highest BCUT2D eigenvalue weighted by Crippen LogP contribution is 2.38. The lowest BCUT2D eigenvalue weighted by Crippen LogP contribution is -2.40. The highest BCUT2D eigenvalue weighted by molar-refractivity contribution is 7.10. The second-order valence-corrected chi connectivity index (χ2v) is 7.17. The van der Waals surface area contributed by atoms with E-state index in [0.717, 1.165) is 17.5 Å². The average molecular weight is 364 g/mol. The third kappa shape index (κ3) is 2.88. The van der Waals surface area contributed by atoms with Crippen LogP contribution < -0.4 is 0 Å². The first-order valence-electron chi connectivity index (χ1n) is 8.32. The molecule has 0 spiro atoms. The molecule has 0 saturated heterocycles. The van der Waals surface area contributed by atoms with E-state index in [4.69, 9.17) is 0 Å².